The summed E-state index contributed by atoms with van der Waals surface area (Å²) < 4.78 is 78.5. The number of alkyl halides is 3. The maximum absolute atomic E-state index is 14.4. The Morgan fingerprint density at radius 3 is 2.09 bits per heavy atom. The van der Waals surface area contributed by atoms with Crippen molar-refractivity contribution in [3.8, 4) is 0 Å². The Balaban J connectivity index is 2.74. The third kappa shape index (κ3) is 3.61. The number of allylic oxidation sites excluding steroid dienone is 1. The highest BCUT2D eigenvalue weighted by Crippen LogP contribution is 2.40. The molecule has 0 amide bonds. The van der Waals surface area contributed by atoms with Gasteiger partial charge in [0.1, 0.15) is 5.57 Å². The lowest BCUT2D eigenvalue weighted by molar-refractivity contribution is -0.0697. The van der Waals surface area contributed by atoms with Crippen molar-refractivity contribution in [1.82, 2.24) is 0 Å². The molecule has 0 unspecified atom stereocenters. The third-order valence-corrected chi connectivity index (χ3v) is 4.64. The number of hydrogen-bond donors (Lipinski definition) is 0. The second kappa shape index (κ2) is 6.16. The second-order valence-electron chi connectivity index (χ2n) is 4.83. The van der Waals surface area contributed by atoms with Crippen LogP contribution in [0.15, 0.2) is 64.7 Å². The summed E-state index contributed by atoms with van der Waals surface area (Å²) in [5, 5.41) is -2.21. The number of hydrogen-bond acceptors (Lipinski definition) is 2. The Kier molecular flexibility index (Phi) is 4.61. The number of rotatable bonds is 3. The van der Waals surface area contributed by atoms with Gasteiger partial charge < -0.3 is 0 Å². The SMILES string of the molecule is Cc1cccc(/C(=C(\F)S(=O)(=O)c2ccccc2)C(F)(F)F)c1. The molecule has 122 valence electrons. The molecule has 23 heavy (non-hydrogen) atoms. The van der Waals surface area contributed by atoms with Gasteiger partial charge in [0.2, 0.25) is 15.0 Å². The fraction of sp³-hybridized carbons (Fsp3) is 0.125. The number of halogens is 4. The van der Waals surface area contributed by atoms with Crippen LogP contribution < -0.4 is 0 Å². The molecule has 0 fully saturated rings. The standard InChI is InChI=1S/C16H12F4O2S/c1-11-6-5-7-12(10-11)14(16(18,19)20)15(17)23(21,22)13-8-3-2-4-9-13/h2-10H,1H3/b15-14-. The van der Waals surface area contributed by atoms with Gasteiger partial charge in [0, 0.05) is 0 Å². The summed E-state index contributed by atoms with van der Waals surface area (Å²) in [7, 11) is -4.89. The van der Waals surface area contributed by atoms with E-state index in [4.69, 9.17) is 0 Å². The molecule has 0 N–H and O–H groups in total. The zero-order valence-electron chi connectivity index (χ0n) is 11.9. The van der Waals surface area contributed by atoms with Gasteiger partial charge in [-0.3, -0.25) is 0 Å². The van der Waals surface area contributed by atoms with Gasteiger partial charge in [-0.15, -0.1) is 0 Å². The quantitative estimate of drug-likeness (QED) is 0.759. The molecular formula is C16H12F4O2S. The van der Waals surface area contributed by atoms with E-state index in [2.05, 4.69) is 0 Å². The van der Waals surface area contributed by atoms with Crippen molar-refractivity contribution in [2.24, 2.45) is 0 Å². The lowest BCUT2D eigenvalue weighted by atomic mass is 10.0. The molecule has 0 radical (unpaired) electrons. The minimum Gasteiger partial charge on any atom is -0.216 e. The molecule has 2 rings (SSSR count). The zero-order valence-corrected chi connectivity index (χ0v) is 12.7. The fourth-order valence-electron chi connectivity index (χ4n) is 2.03. The summed E-state index contributed by atoms with van der Waals surface area (Å²) in [6.45, 7) is 1.53. The zero-order chi connectivity index (χ0) is 17.3. The van der Waals surface area contributed by atoms with Crippen LogP contribution in [-0.2, 0) is 9.84 Å². The molecular weight excluding hydrogens is 332 g/mol. The third-order valence-electron chi connectivity index (χ3n) is 3.08. The van der Waals surface area contributed by atoms with Crippen LogP contribution in [0.5, 0.6) is 0 Å². The highest BCUT2D eigenvalue weighted by atomic mass is 32.2. The van der Waals surface area contributed by atoms with Crippen molar-refractivity contribution in [1.29, 1.82) is 0 Å². The lowest BCUT2D eigenvalue weighted by Gasteiger charge is -2.14. The highest BCUT2D eigenvalue weighted by Gasteiger charge is 2.42. The Labute approximate surface area is 131 Å². The summed E-state index contributed by atoms with van der Waals surface area (Å²) >= 11 is 0. The monoisotopic (exact) mass is 344 g/mol. The summed E-state index contributed by atoms with van der Waals surface area (Å²) in [4.78, 5) is -0.535. The van der Waals surface area contributed by atoms with E-state index < -0.39 is 37.2 Å². The molecule has 0 aliphatic rings. The summed E-state index contributed by atoms with van der Waals surface area (Å²) in [6.07, 6.45) is -5.15. The molecule has 0 bridgehead atoms. The van der Waals surface area contributed by atoms with E-state index in [-0.39, 0.29) is 0 Å². The van der Waals surface area contributed by atoms with E-state index in [1.54, 1.807) is 0 Å². The van der Waals surface area contributed by atoms with E-state index in [0.29, 0.717) is 5.56 Å². The Morgan fingerprint density at radius 1 is 0.957 bits per heavy atom. The van der Waals surface area contributed by atoms with Crippen molar-refractivity contribution in [3.05, 3.63) is 70.9 Å². The average molecular weight is 344 g/mol. The van der Waals surface area contributed by atoms with Crippen LogP contribution in [0.3, 0.4) is 0 Å². The average Bonchev–Trinajstić information content (AvgIpc) is 2.47. The molecule has 0 aromatic heterocycles. The van der Waals surface area contributed by atoms with Crippen LogP contribution in [0, 0.1) is 6.92 Å². The molecule has 0 spiro atoms. The smallest absolute Gasteiger partial charge is 0.216 e. The van der Waals surface area contributed by atoms with Crippen molar-refractivity contribution < 1.29 is 26.0 Å². The van der Waals surface area contributed by atoms with Crippen molar-refractivity contribution >= 4 is 15.4 Å². The van der Waals surface area contributed by atoms with Gasteiger partial charge in [0.05, 0.1) is 4.90 Å². The Bertz CT molecular complexity index is 838. The molecule has 0 saturated carbocycles. The lowest BCUT2D eigenvalue weighted by Crippen LogP contribution is -2.16. The molecule has 7 heteroatoms. The van der Waals surface area contributed by atoms with Crippen LogP contribution >= 0.6 is 0 Å². The predicted octanol–water partition coefficient (Wildman–Crippen LogP) is 4.67. The Hall–Kier alpha value is -2.15. The largest absolute Gasteiger partial charge is 0.420 e. The predicted molar refractivity (Wildman–Crippen MR) is 78.9 cm³/mol. The first-order valence-corrected chi connectivity index (χ1v) is 7.96. The molecule has 0 aliphatic heterocycles. The van der Waals surface area contributed by atoms with Gasteiger partial charge >= 0.3 is 6.18 Å². The van der Waals surface area contributed by atoms with Crippen LogP contribution in [0.1, 0.15) is 11.1 Å². The van der Waals surface area contributed by atoms with Crippen LogP contribution in [0.4, 0.5) is 17.6 Å². The van der Waals surface area contributed by atoms with E-state index in [0.717, 1.165) is 24.3 Å². The van der Waals surface area contributed by atoms with Gasteiger partial charge in [0.15, 0.2) is 0 Å². The van der Waals surface area contributed by atoms with E-state index >= 15 is 0 Å². The molecule has 0 heterocycles. The first kappa shape index (κ1) is 17.2. The van der Waals surface area contributed by atoms with Crippen LogP contribution in [0.25, 0.3) is 5.57 Å². The topological polar surface area (TPSA) is 34.1 Å². The maximum Gasteiger partial charge on any atom is 0.420 e. The van der Waals surface area contributed by atoms with Gasteiger partial charge in [0.25, 0.3) is 0 Å². The normalized spacial score (nSPS) is 13.6. The minimum atomic E-state index is -5.15. The summed E-state index contributed by atoms with van der Waals surface area (Å²) in [5.41, 5.74) is -1.88. The molecule has 2 aromatic rings. The number of aryl methyl sites for hydroxylation is 1. The Morgan fingerprint density at radius 2 is 1.57 bits per heavy atom. The van der Waals surface area contributed by atoms with Crippen molar-refractivity contribution in [2.75, 3.05) is 0 Å². The molecule has 0 aliphatic carbocycles. The number of benzene rings is 2. The number of sulfone groups is 1. The molecule has 2 nitrogen and oxygen atoms in total. The van der Waals surface area contributed by atoms with E-state index in [1.165, 1.54) is 37.3 Å². The fourth-order valence-corrected chi connectivity index (χ4v) is 3.25. The van der Waals surface area contributed by atoms with E-state index in [1.807, 2.05) is 0 Å². The highest BCUT2D eigenvalue weighted by molar-refractivity contribution is 7.95. The maximum atomic E-state index is 14.4. The first-order chi connectivity index (χ1) is 10.6. The van der Waals surface area contributed by atoms with Crippen molar-refractivity contribution in [3.63, 3.8) is 0 Å². The minimum absolute atomic E-state index is 0.453. The van der Waals surface area contributed by atoms with Gasteiger partial charge in [-0.2, -0.15) is 17.6 Å². The molecule has 0 atom stereocenters. The van der Waals surface area contributed by atoms with Gasteiger partial charge in [-0.1, -0.05) is 48.0 Å². The summed E-state index contributed by atoms with van der Waals surface area (Å²) in [5.74, 6) is 0. The molecule has 0 saturated heterocycles. The van der Waals surface area contributed by atoms with Crippen LogP contribution in [0.2, 0.25) is 0 Å². The van der Waals surface area contributed by atoms with E-state index in [9.17, 15) is 26.0 Å². The van der Waals surface area contributed by atoms with Gasteiger partial charge in [-0.05, 0) is 24.6 Å². The van der Waals surface area contributed by atoms with Gasteiger partial charge in [-0.25, -0.2) is 8.42 Å². The molecule has 2 aromatic carbocycles. The second-order valence-corrected chi connectivity index (χ2v) is 6.67. The van der Waals surface area contributed by atoms with Crippen LogP contribution in [-0.4, -0.2) is 14.6 Å². The first-order valence-electron chi connectivity index (χ1n) is 6.48. The summed E-state index contributed by atoms with van der Waals surface area (Å²) in [6, 6.07) is 11.1. The van der Waals surface area contributed by atoms with Crippen molar-refractivity contribution in [2.45, 2.75) is 18.0 Å².